The fraction of sp³-hybridized carbons (Fsp3) is 0.400. The number of hydrogen-bond acceptors (Lipinski definition) is 3. The minimum atomic E-state index is 0.0631. The summed E-state index contributed by atoms with van der Waals surface area (Å²) in [6.45, 7) is 1.46. The summed E-state index contributed by atoms with van der Waals surface area (Å²) in [6.07, 6.45) is 6.33. The Morgan fingerprint density at radius 3 is 2.75 bits per heavy atom. The van der Waals surface area contributed by atoms with Crippen molar-refractivity contribution in [1.82, 2.24) is 9.88 Å². The van der Waals surface area contributed by atoms with E-state index in [1.54, 1.807) is 6.20 Å². The van der Waals surface area contributed by atoms with Gasteiger partial charge in [-0.25, -0.2) is 4.98 Å². The number of unbranched alkanes of at least 4 members (excludes halogenated alkanes) is 1. The predicted molar refractivity (Wildman–Crippen MR) is 93.8 cm³/mol. The lowest BCUT2D eigenvalue weighted by molar-refractivity contribution is -0.130. The second-order valence-corrected chi connectivity index (χ2v) is 6.23. The van der Waals surface area contributed by atoms with Crippen molar-refractivity contribution >= 4 is 5.91 Å². The number of pyridine rings is 1. The third-order valence-electron chi connectivity index (χ3n) is 4.37. The number of aryl methyl sites for hydroxylation is 1. The van der Waals surface area contributed by atoms with E-state index in [0.717, 1.165) is 32.2 Å². The van der Waals surface area contributed by atoms with E-state index in [4.69, 9.17) is 4.74 Å². The molecule has 24 heavy (non-hydrogen) atoms. The zero-order chi connectivity index (χ0) is 16.6. The molecule has 1 atom stereocenters. The second kappa shape index (κ2) is 8.48. The van der Waals surface area contributed by atoms with Crippen LogP contribution in [0.3, 0.4) is 0 Å². The number of nitrogens with zero attached hydrogens (tertiary/aromatic N) is 2. The number of carbonyl (C=O) groups is 1. The number of rotatable bonds is 7. The molecule has 0 spiro atoms. The SMILES string of the molecule is O=C(CCCCc1ccccc1)N1CCC(Oc2ccccn2)C1. The molecule has 0 bridgehead atoms. The molecule has 4 nitrogen and oxygen atoms in total. The Kier molecular flexibility index (Phi) is 5.83. The minimum absolute atomic E-state index is 0.0631. The lowest BCUT2D eigenvalue weighted by Gasteiger charge is -2.17. The Morgan fingerprint density at radius 2 is 1.96 bits per heavy atom. The fourth-order valence-corrected chi connectivity index (χ4v) is 3.05. The number of benzene rings is 1. The molecule has 1 fully saturated rings. The molecule has 126 valence electrons. The topological polar surface area (TPSA) is 42.4 Å². The molecule has 1 aromatic heterocycles. The highest BCUT2D eigenvalue weighted by atomic mass is 16.5. The molecular formula is C20H24N2O2. The van der Waals surface area contributed by atoms with Crippen molar-refractivity contribution in [2.24, 2.45) is 0 Å². The van der Waals surface area contributed by atoms with E-state index in [1.165, 1.54) is 5.56 Å². The van der Waals surface area contributed by atoms with Crippen LogP contribution in [0.1, 0.15) is 31.2 Å². The van der Waals surface area contributed by atoms with Gasteiger partial charge in [0.15, 0.2) is 0 Å². The Bertz CT molecular complexity index is 631. The molecule has 4 heteroatoms. The smallest absolute Gasteiger partial charge is 0.222 e. The summed E-state index contributed by atoms with van der Waals surface area (Å²) in [5.74, 6) is 0.884. The maximum Gasteiger partial charge on any atom is 0.222 e. The standard InChI is InChI=1S/C20H24N2O2/c23-20(12-5-4-10-17-8-2-1-3-9-17)22-15-13-18(16-22)24-19-11-6-7-14-21-19/h1-3,6-9,11,14,18H,4-5,10,12-13,15-16H2. The van der Waals surface area contributed by atoms with Crippen molar-refractivity contribution in [1.29, 1.82) is 0 Å². The van der Waals surface area contributed by atoms with E-state index in [1.807, 2.05) is 29.2 Å². The van der Waals surface area contributed by atoms with Crippen LogP contribution >= 0.6 is 0 Å². The summed E-state index contributed by atoms with van der Waals surface area (Å²) in [5.41, 5.74) is 1.34. The lowest BCUT2D eigenvalue weighted by atomic mass is 10.1. The average Bonchev–Trinajstić information content (AvgIpc) is 3.09. The number of hydrogen-bond donors (Lipinski definition) is 0. The first kappa shape index (κ1) is 16.5. The van der Waals surface area contributed by atoms with Crippen LogP contribution in [0.4, 0.5) is 0 Å². The summed E-state index contributed by atoms with van der Waals surface area (Å²) in [5, 5.41) is 0. The van der Waals surface area contributed by atoms with E-state index in [9.17, 15) is 4.79 Å². The molecule has 1 saturated heterocycles. The van der Waals surface area contributed by atoms with Gasteiger partial charge in [0.1, 0.15) is 6.10 Å². The number of ether oxygens (including phenoxy) is 1. The van der Waals surface area contributed by atoms with Crippen LogP contribution in [-0.4, -0.2) is 35.0 Å². The van der Waals surface area contributed by atoms with E-state index >= 15 is 0 Å². The number of carbonyl (C=O) groups excluding carboxylic acids is 1. The molecule has 1 aromatic carbocycles. The van der Waals surface area contributed by atoms with Crippen LogP contribution in [0.15, 0.2) is 54.7 Å². The van der Waals surface area contributed by atoms with Crippen molar-refractivity contribution < 1.29 is 9.53 Å². The molecule has 2 aromatic rings. The first-order valence-corrected chi connectivity index (χ1v) is 8.70. The molecule has 1 aliphatic heterocycles. The summed E-state index contributed by atoms with van der Waals surface area (Å²) in [4.78, 5) is 18.4. The maximum absolute atomic E-state index is 12.3. The Morgan fingerprint density at radius 1 is 1.12 bits per heavy atom. The number of amides is 1. The Labute approximate surface area is 143 Å². The average molecular weight is 324 g/mol. The van der Waals surface area contributed by atoms with Gasteiger partial charge in [-0.3, -0.25) is 4.79 Å². The molecule has 1 aliphatic rings. The van der Waals surface area contributed by atoms with Gasteiger partial charge in [0.05, 0.1) is 6.54 Å². The normalized spacial score (nSPS) is 17.0. The lowest BCUT2D eigenvalue weighted by Crippen LogP contribution is -2.30. The van der Waals surface area contributed by atoms with Gasteiger partial charge in [0.2, 0.25) is 11.8 Å². The summed E-state index contributed by atoms with van der Waals surface area (Å²) < 4.78 is 5.83. The number of aromatic nitrogens is 1. The van der Waals surface area contributed by atoms with Crippen LogP contribution in [0.25, 0.3) is 0 Å². The van der Waals surface area contributed by atoms with Crippen molar-refractivity contribution in [3.63, 3.8) is 0 Å². The summed E-state index contributed by atoms with van der Waals surface area (Å²) in [6, 6.07) is 16.1. The van der Waals surface area contributed by atoms with Gasteiger partial charge in [-0.15, -0.1) is 0 Å². The zero-order valence-electron chi connectivity index (χ0n) is 13.9. The molecule has 0 aliphatic carbocycles. The molecule has 0 radical (unpaired) electrons. The maximum atomic E-state index is 12.3. The van der Waals surface area contributed by atoms with E-state index < -0.39 is 0 Å². The highest BCUT2D eigenvalue weighted by Gasteiger charge is 2.27. The molecule has 0 saturated carbocycles. The van der Waals surface area contributed by atoms with Crippen molar-refractivity contribution in [3.8, 4) is 5.88 Å². The van der Waals surface area contributed by atoms with Crippen LogP contribution in [0.5, 0.6) is 5.88 Å². The minimum Gasteiger partial charge on any atom is -0.472 e. The third-order valence-corrected chi connectivity index (χ3v) is 4.37. The second-order valence-electron chi connectivity index (χ2n) is 6.23. The van der Waals surface area contributed by atoms with E-state index in [-0.39, 0.29) is 12.0 Å². The molecule has 2 heterocycles. The van der Waals surface area contributed by atoms with Crippen LogP contribution < -0.4 is 4.74 Å². The van der Waals surface area contributed by atoms with Crippen molar-refractivity contribution in [2.45, 2.75) is 38.2 Å². The van der Waals surface area contributed by atoms with Gasteiger partial charge in [-0.1, -0.05) is 36.4 Å². The van der Waals surface area contributed by atoms with E-state index in [0.29, 0.717) is 18.8 Å². The quantitative estimate of drug-likeness (QED) is 0.732. The zero-order valence-corrected chi connectivity index (χ0v) is 13.9. The monoisotopic (exact) mass is 324 g/mol. The van der Waals surface area contributed by atoms with Gasteiger partial charge < -0.3 is 9.64 Å². The van der Waals surface area contributed by atoms with E-state index in [2.05, 4.69) is 29.2 Å². The van der Waals surface area contributed by atoms with Gasteiger partial charge >= 0.3 is 0 Å². The van der Waals surface area contributed by atoms with Gasteiger partial charge in [0, 0.05) is 31.6 Å². The Hall–Kier alpha value is -2.36. The molecule has 1 unspecified atom stereocenters. The molecule has 0 N–H and O–H groups in total. The molecule has 1 amide bonds. The fourth-order valence-electron chi connectivity index (χ4n) is 3.05. The third kappa shape index (κ3) is 4.82. The highest BCUT2D eigenvalue weighted by Crippen LogP contribution is 2.17. The van der Waals surface area contributed by atoms with Crippen LogP contribution in [-0.2, 0) is 11.2 Å². The largest absolute Gasteiger partial charge is 0.472 e. The first-order valence-electron chi connectivity index (χ1n) is 8.70. The van der Waals surface area contributed by atoms with Crippen LogP contribution in [0.2, 0.25) is 0 Å². The van der Waals surface area contributed by atoms with Gasteiger partial charge in [-0.2, -0.15) is 0 Å². The molecular weight excluding hydrogens is 300 g/mol. The highest BCUT2D eigenvalue weighted by molar-refractivity contribution is 5.76. The van der Waals surface area contributed by atoms with Crippen molar-refractivity contribution in [2.75, 3.05) is 13.1 Å². The summed E-state index contributed by atoms with van der Waals surface area (Å²) in [7, 11) is 0. The van der Waals surface area contributed by atoms with Gasteiger partial charge in [-0.05, 0) is 30.9 Å². The molecule has 3 rings (SSSR count). The predicted octanol–water partition coefficient (Wildman–Crippen LogP) is 3.47. The summed E-state index contributed by atoms with van der Waals surface area (Å²) >= 11 is 0. The van der Waals surface area contributed by atoms with Crippen LogP contribution in [0, 0.1) is 0 Å². The van der Waals surface area contributed by atoms with Crippen molar-refractivity contribution in [3.05, 3.63) is 60.3 Å². The Balaban J connectivity index is 1.35. The number of likely N-dealkylation sites (tertiary alicyclic amines) is 1. The first-order chi connectivity index (χ1) is 11.8. The van der Waals surface area contributed by atoms with Gasteiger partial charge in [0.25, 0.3) is 0 Å².